The second-order valence-electron chi connectivity index (χ2n) is 2.40. The Bertz CT molecular complexity index is 53.0. The van der Waals surface area contributed by atoms with Gasteiger partial charge < -0.3 is 11.9 Å². The first kappa shape index (κ1) is 12.1. The van der Waals surface area contributed by atoms with Gasteiger partial charge in [0.05, 0.1) is 0 Å². The normalized spacial score (nSPS) is 19.7. The third-order valence-electron chi connectivity index (χ3n) is 1.65. The Morgan fingerprint density at radius 2 is 1.44 bits per heavy atom. The van der Waals surface area contributed by atoms with Crippen LogP contribution in [0.3, 0.4) is 0 Å². The predicted molar refractivity (Wildman–Crippen MR) is 46.4 cm³/mol. The van der Waals surface area contributed by atoms with E-state index in [4.69, 9.17) is 5.73 Å². The Kier molecular flexibility index (Phi) is 8.77. The quantitative estimate of drug-likeness (QED) is 0.624. The third-order valence-corrected chi connectivity index (χ3v) is 1.65. The minimum Gasteiger partial charge on any atom is -0.344 e. The van der Waals surface area contributed by atoms with Crippen molar-refractivity contribution in [2.45, 2.75) is 38.1 Å². The zero-order chi connectivity index (χ0) is 5.11. The van der Waals surface area contributed by atoms with Gasteiger partial charge in [-0.15, -0.1) is 17.0 Å². The number of hydrogen-bond acceptors (Lipinski definition) is 2. The maximum Gasteiger partial charge on any atom is 0.00388 e. The van der Waals surface area contributed by atoms with Crippen LogP contribution in [0, 0.1) is 0 Å². The number of nitrogens with two attached hydrogens (primary N) is 1. The van der Waals surface area contributed by atoms with Crippen LogP contribution in [-0.4, -0.2) is 6.04 Å². The molecule has 0 aromatic heterocycles. The molecule has 9 heavy (non-hydrogen) atoms. The second kappa shape index (κ2) is 6.52. The zero-order valence-corrected chi connectivity index (χ0v) is 7.52. The lowest BCUT2D eigenvalue weighted by atomic mass is 9.97. The van der Waals surface area contributed by atoms with Crippen molar-refractivity contribution in [3.63, 3.8) is 0 Å². The number of hydrogen-bond donors (Lipinski definition) is 2. The fourth-order valence-corrected chi connectivity index (χ4v) is 1.13. The van der Waals surface area contributed by atoms with Gasteiger partial charge in [-0.25, -0.2) is 0 Å². The van der Waals surface area contributed by atoms with Crippen molar-refractivity contribution in [3.8, 4) is 0 Å². The summed E-state index contributed by atoms with van der Waals surface area (Å²) in [5.41, 5.74) is 5.63. The van der Waals surface area contributed by atoms with Crippen LogP contribution in [0.5, 0.6) is 0 Å². The van der Waals surface area contributed by atoms with Gasteiger partial charge >= 0.3 is 0 Å². The van der Waals surface area contributed by atoms with Crippen molar-refractivity contribution >= 4 is 17.0 Å². The van der Waals surface area contributed by atoms with Crippen LogP contribution in [0.25, 0.3) is 0 Å². The van der Waals surface area contributed by atoms with Crippen LogP contribution in [-0.2, 0) is 0 Å². The molecule has 0 spiro atoms. The third kappa shape index (κ3) is 4.88. The lowest BCUT2D eigenvalue weighted by molar-refractivity contribution is 0.441. The van der Waals surface area contributed by atoms with E-state index in [1.165, 1.54) is 32.1 Å². The van der Waals surface area contributed by atoms with Crippen LogP contribution in [0.2, 0.25) is 0 Å². The first-order chi connectivity index (χ1) is 3.39. The highest BCUT2D eigenvalue weighted by atomic mass is 79.9. The molecule has 0 heterocycles. The van der Waals surface area contributed by atoms with E-state index in [2.05, 4.69) is 0 Å². The molecule has 0 bridgehead atoms. The van der Waals surface area contributed by atoms with Crippen molar-refractivity contribution in [1.29, 1.82) is 0 Å². The minimum atomic E-state index is 0. The summed E-state index contributed by atoms with van der Waals surface area (Å²) in [6, 6.07) is 0.536. The summed E-state index contributed by atoms with van der Waals surface area (Å²) in [6.07, 6.45) is 6.66. The summed E-state index contributed by atoms with van der Waals surface area (Å²) >= 11 is 0. The smallest absolute Gasteiger partial charge is 0.00388 e. The molecule has 0 aromatic rings. The second-order valence-corrected chi connectivity index (χ2v) is 2.40. The lowest BCUT2D eigenvalue weighted by Crippen LogP contribution is -2.22. The molecular weight excluding hydrogens is 180 g/mol. The summed E-state index contributed by atoms with van der Waals surface area (Å²) < 4.78 is 0. The standard InChI is InChI=1S/C6H13N.BrH.H3N/c7-6-4-2-1-3-5-6;;/h6H,1-5,7H2;1H;1H3. The molecule has 1 rings (SSSR count). The Labute approximate surface area is 67.5 Å². The van der Waals surface area contributed by atoms with Crippen LogP contribution < -0.4 is 11.9 Å². The van der Waals surface area contributed by atoms with Crippen LogP contribution in [0.15, 0.2) is 0 Å². The predicted octanol–water partition coefficient (Wildman–Crippen LogP) is 2.02. The first-order valence-corrected chi connectivity index (χ1v) is 3.15. The van der Waals surface area contributed by atoms with E-state index >= 15 is 0 Å². The molecule has 0 radical (unpaired) electrons. The fourth-order valence-electron chi connectivity index (χ4n) is 1.13. The van der Waals surface area contributed by atoms with E-state index in [0.717, 1.165) is 0 Å². The Hall–Kier alpha value is 0.400. The first-order valence-electron chi connectivity index (χ1n) is 3.15. The zero-order valence-electron chi connectivity index (χ0n) is 5.81. The summed E-state index contributed by atoms with van der Waals surface area (Å²) in [6.45, 7) is 0. The van der Waals surface area contributed by atoms with Crippen LogP contribution in [0.4, 0.5) is 0 Å². The molecule has 5 N–H and O–H groups in total. The SMILES string of the molecule is Br.N.NC1CCCCC1. The summed E-state index contributed by atoms with van der Waals surface area (Å²) in [5.74, 6) is 0. The average molecular weight is 197 g/mol. The fraction of sp³-hybridized carbons (Fsp3) is 1.00. The van der Waals surface area contributed by atoms with Gasteiger partial charge in [0.25, 0.3) is 0 Å². The lowest BCUT2D eigenvalue weighted by Gasteiger charge is -2.15. The maximum absolute atomic E-state index is 5.63. The van der Waals surface area contributed by atoms with Crippen molar-refractivity contribution in [1.82, 2.24) is 6.15 Å². The molecule has 58 valence electrons. The molecule has 0 aliphatic heterocycles. The van der Waals surface area contributed by atoms with Gasteiger partial charge in [0.15, 0.2) is 0 Å². The van der Waals surface area contributed by atoms with Gasteiger partial charge in [-0.3, -0.25) is 0 Å². The molecule has 1 saturated carbocycles. The molecule has 1 fully saturated rings. The largest absolute Gasteiger partial charge is 0.344 e. The van der Waals surface area contributed by atoms with E-state index in [0.29, 0.717) is 6.04 Å². The molecule has 0 saturated heterocycles. The van der Waals surface area contributed by atoms with E-state index in [-0.39, 0.29) is 23.1 Å². The molecule has 3 heteroatoms. The van der Waals surface area contributed by atoms with Crippen LogP contribution in [0.1, 0.15) is 32.1 Å². The highest BCUT2D eigenvalue weighted by Crippen LogP contribution is 2.14. The topological polar surface area (TPSA) is 61.0 Å². The number of halogens is 1. The van der Waals surface area contributed by atoms with E-state index in [9.17, 15) is 0 Å². The Morgan fingerprint density at radius 1 is 1.00 bits per heavy atom. The monoisotopic (exact) mass is 196 g/mol. The summed E-state index contributed by atoms with van der Waals surface area (Å²) in [7, 11) is 0. The van der Waals surface area contributed by atoms with Gasteiger partial charge in [0.1, 0.15) is 0 Å². The summed E-state index contributed by atoms with van der Waals surface area (Å²) in [4.78, 5) is 0. The molecule has 1 aliphatic rings. The molecule has 0 aromatic carbocycles. The Morgan fingerprint density at radius 3 is 1.67 bits per heavy atom. The summed E-state index contributed by atoms with van der Waals surface area (Å²) in [5, 5.41) is 0. The Balaban J connectivity index is 0. The van der Waals surface area contributed by atoms with Crippen molar-refractivity contribution in [2.24, 2.45) is 5.73 Å². The van der Waals surface area contributed by atoms with Crippen molar-refractivity contribution in [3.05, 3.63) is 0 Å². The van der Waals surface area contributed by atoms with Gasteiger partial charge in [-0.05, 0) is 12.8 Å². The molecule has 0 amide bonds. The molecule has 1 aliphatic carbocycles. The van der Waals surface area contributed by atoms with E-state index < -0.39 is 0 Å². The van der Waals surface area contributed by atoms with Crippen LogP contribution >= 0.6 is 17.0 Å². The van der Waals surface area contributed by atoms with Gasteiger partial charge in [-0.2, -0.15) is 0 Å². The average Bonchev–Trinajstić information content (AvgIpc) is 1.69. The van der Waals surface area contributed by atoms with Gasteiger partial charge in [0, 0.05) is 6.04 Å². The minimum absolute atomic E-state index is 0. The molecular formula is C6H17BrN2. The highest BCUT2D eigenvalue weighted by molar-refractivity contribution is 8.93. The maximum atomic E-state index is 5.63. The molecule has 0 unspecified atom stereocenters. The van der Waals surface area contributed by atoms with Gasteiger partial charge in [0.2, 0.25) is 0 Å². The molecule has 0 atom stereocenters. The highest BCUT2D eigenvalue weighted by Gasteiger charge is 2.06. The van der Waals surface area contributed by atoms with E-state index in [1.807, 2.05) is 0 Å². The van der Waals surface area contributed by atoms with E-state index in [1.54, 1.807) is 0 Å². The van der Waals surface area contributed by atoms with Gasteiger partial charge in [-0.1, -0.05) is 19.3 Å². The van der Waals surface area contributed by atoms with Crippen molar-refractivity contribution < 1.29 is 0 Å². The van der Waals surface area contributed by atoms with Crippen molar-refractivity contribution in [2.75, 3.05) is 0 Å². The molecule has 2 nitrogen and oxygen atoms in total. The number of rotatable bonds is 0.